The summed E-state index contributed by atoms with van der Waals surface area (Å²) in [6.07, 6.45) is 3.94. The Bertz CT molecular complexity index is 403. The molecule has 1 aromatic rings. The quantitative estimate of drug-likeness (QED) is 0.906. The fourth-order valence-corrected chi connectivity index (χ4v) is 3.04. The van der Waals surface area contributed by atoms with Crippen LogP contribution >= 0.6 is 0 Å². The number of benzene rings is 1. The van der Waals surface area contributed by atoms with Crippen LogP contribution in [0.4, 0.5) is 5.69 Å². The largest absolute Gasteiger partial charge is 0.378 e. The molecule has 3 atom stereocenters. The van der Waals surface area contributed by atoms with E-state index in [9.17, 15) is 0 Å². The zero-order chi connectivity index (χ0) is 14.7. The molecule has 1 N–H and O–H groups in total. The molecule has 0 saturated carbocycles. The van der Waals surface area contributed by atoms with E-state index >= 15 is 0 Å². The summed E-state index contributed by atoms with van der Waals surface area (Å²) < 4.78 is 0. The molecule has 1 aliphatic heterocycles. The van der Waals surface area contributed by atoms with Gasteiger partial charge >= 0.3 is 0 Å². The van der Waals surface area contributed by atoms with Crippen LogP contribution in [0.25, 0.3) is 0 Å². The van der Waals surface area contributed by atoms with Crippen molar-refractivity contribution in [2.45, 2.75) is 58.2 Å². The standard InChI is InChI=1S/C17H29N3/c1-13-7-6-8-14(2)20(13)18-15(3)16-9-11-17(12-10-16)19(4)5/h9-15,18H,6-8H2,1-5H3. The molecule has 20 heavy (non-hydrogen) atoms. The monoisotopic (exact) mass is 275 g/mol. The minimum absolute atomic E-state index is 0.356. The van der Waals surface area contributed by atoms with Crippen molar-refractivity contribution in [1.82, 2.24) is 10.4 Å². The lowest BCUT2D eigenvalue weighted by atomic mass is 9.99. The van der Waals surface area contributed by atoms with Gasteiger partial charge in [0.15, 0.2) is 0 Å². The van der Waals surface area contributed by atoms with Crippen LogP contribution in [-0.2, 0) is 0 Å². The number of rotatable bonds is 4. The maximum absolute atomic E-state index is 3.70. The first-order chi connectivity index (χ1) is 9.49. The van der Waals surface area contributed by atoms with Crippen LogP contribution < -0.4 is 10.3 Å². The van der Waals surface area contributed by atoms with E-state index < -0.39 is 0 Å². The van der Waals surface area contributed by atoms with Gasteiger partial charge < -0.3 is 4.90 Å². The average molecular weight is 275 g/mol. The molecule has 0 aliphatic carbocycles. The molecule has 1 aromatic carbocycles. The van der Waals surface area contributed by atoms with Gasteiger partial charge in [0.25, 0.3) is 0 Å². The smallest absolute Gasteiger partial charge is 0.0436 e. The van der Waals surface area contributed by atoms with E-state index in [2.05, 4.69) is 74.5 Å². The van der Waals surface area contributed by atoms with Crippen molar-refractivity contribution in [1.29, 1.82) is 0 Å². The molecule has 1 saturated heterocycles. The Morgan fingerprint density at radius 3 is 2.15 bits per heavy atom. The van der Waals surface area contributed by atoms with Gasteiger partial charge in [0.2, 0.25) is 0 Å². The number of hydrazine groups is 1. The number of piperidine rings is 1. The zero-order valence-corrected chi connectivity index (χ0v) is 13.6. The third-order valence-corrected chi connectivity index (χ3v) is 4.45. The van der Waals surface area contributed by atoms with E-state index in [1.54, 1.807) is 0 Å². The van der Waals surface area contributed by atoms with Crippen molar-refractivity contribution >= 4 is 5.69 Å². The Balaban J connectivity index is 2.01. The number of nitrogens with zero attached hydrogens (tertiary/aromatic N) is 2. The number of nitrogens with one attached hydrogen (secondary N) is 1. The van der Waals surface area contributed by atoms with E-state index in [-0.39, 0.29) is 0 Å². The molecular weight excluding hydrogens is 246 g/mol. The Labute approximate surface area is 123 Å². The van der Waals surface area contributed by atoms with Gasteiger partial charge in [-0.1, -0.05) is 18.6 Å². The molecule has 3 heteroatoms. The van der Waals surface area contributed by atoms with Crippen LogP contribution in [0, 0.1) is 0 Å². The van der Waals surface area contributed by atoms with E-state index in [4.69, 9.17) is 0 Å². The topological polar surface area (TPSA) is 18.5 Å². The van der Waals surface area contributed by atoms with Crippen LogP contribution in [0.3, 0.4) is 0 Å². The zero-order valence-electron chi connectivity index (χ0n) is 13.6. The lowest BCUT2D eigenvalue weighted by Gasteiger charge is -2.41. The van der Waals surface area contributed by atoms with Gasteiger partial charge in [-0.3, -0.25) is 0 Å². The van der Waals surface area contributed by atoms with E-state index in [0.717, 1.165) is 0 Å². The highest BCUT2D eigenvalue weighted by atomic mass is 15.5. The molecule has 0 aromatic heterocycles. The second kappa shape index (κ2) is 6.59. The summed E-state index contributed by atoms with van der Waals surface area (Å²) in [6, 6.07) is 10.4. The van der Waals surface area contributed by atoms with Crippen LogP contribution in [0.2, 0.25) is 0 Å². The highest BCUT2D eigenvalue weighted by Gasteiger charge is 2.25. The van der Waals surface area contributed by atoms with Gasteiger partial charge in [-0.15, -0.1) is 0 Å². The molecule has 1 aliphatic rings. The van der Waals surface area contributed by atoms with Crippen LogP contribution in [0.5, 0.6) is 0 Å². The van der Waals surface area contributed by atoms with Gasteiger partial charge in [-0.25, -0.2) is 10.4 Å². The Kier molecular flexibility index (Phi) is 5.06. The van der Waals surface area contributed by atoms with Crippen molar-refractivity contribution in [2.75, 3.05) is 19.0 Å². The molecule has 1 heterocycles. The van der Waals surface area contributed by atoms with E-state index in [1.165, 1.54) is 30.5 Å². The number of anilines is 1. The predicted molar refractivity (Wildman–Crippen MR) is 86.9 cm³/mol. The molecule has 0 radical (unpaired) electrons. The SMILES string of the molecule is CC(NN1C(C)CCCC1C)c1ccc(N(C)C)cc1. The lowest BCUT2D eigenvalue weighted by molar-refractivity contribution is 0.0320. The lowest BCUT2D eigenvalue weighted by Crippen LogP contribution is -2.52. The minimum Gasteiger partial charge on any atom is -0.378 e. The highest BCUT2D eigenvalue weighted by Crippen LogP contribution is 2.24. The highest BCUT2D eigenvalue weighted by molar-refractivity contribution is 5.46. The average Bonchev–Trinajstić information content (AvgIpc) is 2.43. The second-order valence-corrected chi connectivity index (χ2v) is 6.37. The molecular formula is C17H29N3. The van der Waals surface area contributed by atoms with Crippen LogP contribution in [-0.4, -0.2) is 31.2 Å². The summed E-state index contributed by atoms with van der Waals surface area (Å²) in [7, 11) is 4.15. The summed E-state index contributed by atoms with van der Waals surface area (Å²) >= 11 is 0. The maximum Gasteiger partial charge on any atom is 0.0436 e. The number of hydrogen-bond donors (Lipinski definition) is 1. The van der Waals surface area contributed by atoms with Gasteiger partial charge in [0, 0.05) is 37.9 Å². The fraction of sp³-hybridized carbons (Fsp3) is 0.647. The first-order valence-corrected chi connectivity index (χ1v) is 7.81. The summed E-state index contributed by atoms with van der Waals surface area (Å²) in [4.78, 5) is 2.14. The van der Waals surface area contributed by atoms with Gasteiger partial charge in [0.1, 0.15) is 0 Å². The Morgan fingerprint density at radius 2 is 1.65 bits per heavy atom. The first kappa shape index (κ1) is 15.3. The fourth-order valence-electron chi connectivity index (χ4n) is 3.04. The molecule has 0 bridgehead atoms. The molecule has 3 nitrogen and oxygen atoms in total. The van der Waals surface area contributed by atoms with Gasteiger partial charge in [-0.05, 0) is 51.3 Å². The molecule has 1 fully saturated rings. The molecule has 3 unspecified atom stereocenters. The normalized spacial score (nSPS) is 25.4. The molecule has 112 valence electrons. The maximum atomic E-state index is 3.70. The van der Waals surface area contributed by atoms with Crippen molar-refractivity contribution in [3.05, 3.63) is 29.8 Å². The van der Waals surface area contributed by atoms with Crippen molar-refractivity contribution in [3.63, 3.8) is 0 Å². The third-order valence-electron chi connectivity index (χ3n) is 4.45. The van der Waals surface area contributed by atoms with E-state index in [0.29, 0.717) is 18.1 Å². The summed E-state index contributed by atoms with van der Waals surface area (Å²) in [6.45, 7) is 6.90. The Hall–Kier alpha value is -1.06. The minimum atomic E-state index is 0.356. The van der Waals surface area contributed by atoms with Crippen molar-refractivity contribution in [2.24, 2.45) is 0 Å². The van der Waals surface area contributed by atoms with Crippen LogP contribution in [0.1, 0.15) is 51.6 Å². The molecule has 0 spiro atoms. The second-order valence-electron chi connectivity index (χ2n) is 6.37. The van der Waals surface area contributed by atoms with E-state index in [1.807, 2.05) is 0 Å². The van der Waals surface area contributed by atoms with Crippen LogP contribution in [0.15, 0.2) is 24.3 Å². The Morgan fingerprint density at radius 1 is 1.10 bits per heavy atom. The molecule has 0 amide bonds. The summed E-state index contributed by atoms with van der Waals surface area (Å²) in [5.74, 6) is 0. The summed E-state index contributed by atoms with van der Waals surface area (Å²) in [5, 5.41) is 2.45. The number of hydrogen-bond acceptors (Lipinski definition) is 3. The molecule has 2 rings (SSSR count). The first-order valence-electron chi connectivity index (χ1n) is 7.81. The van der Waals surface area contributed by atoms with Gasteiger partial charge in [-0.2, -0.15) is 0 Å². The third kappa shape index (κ3) is 3.53. The van der Waals surface area contributed by atoms with Crippen molar-refractivity contribution in [3.8, 4) is 0 Å². The van der Waals surface area contributed by atoms with Crippen molar-refractivity contribution < 1.29 is 0 Å². The van der Waals surface area contributed by atoms with Gasteiger partial charge in [0.05, 0.1) is 0 Å². The predicted octanol–water partition coefficient (Wildman–Crippen LogP) is 3.58. The summed E-state index contributed by atoms with van der Waals surface area (Å²) in [5.41, 5.74) is 6.30.